The molecule has 0 saturated heterocycles. The van der Waals surface area contributed by atoms with Crippen LogP contribution in [0.15, 0.2) is 203 Å². The fraction of sp³-hybridized carbons (Fsp3) is 0.0536. The molecule has 0 amide bonds. The van der Waals surface area contributed by atoms with E-state index in [1.165, 1.54) is 44.2 Å². The maximum Gasteiger partial charge on any atom is 0.227 e. The minimum atomic E-state index is -0.121. The first-order valence-electron chi connectivity index (χ1n) is 20.5. The summed E-state index contributed by atoms with van der Waals surface area (Å²) in [5, 5.41) is 4.54. The minimum Gasteiger partial charge on any atom is -0.456 e. The molecule has 60 heavy (non-hydrogen) atoms. The molecule has 0 bridgehead atoms. The fourth-order valence-electron chi connectivity index (χ4n) is 9.43. The van der Waals surface area contributed by atoms with Crippen LogP contribution >= 0.6 is 0 Å². The molecule has 1 aliphatic rings. The maximum atomic E-state index is 6.36. The van der Waals surface area contributed by atoms with Gasteiger partial charge in [0.1, 0.15) is 16.7 Å². The van der Waals surface area contributed by atoms with Crippen molar-refractivity contribution in [3.05, 3.63) is 205 Å². The van der Waals surface area contributed by atoms with Crippen LogP contribution in [0.1, 0.15) is 25.0 Å². The summed E-state index contributed by atoms with van der Waals surface area (Å²) in [6.45, 7) is 4.69. The molecule has 4 nitrogen and oxygen atoms in total. The van der Waals surface area contributed by atoms with Gasteiger partial charge in [-0.05, 0) is 116 Å². The van der Waals surface area contributed by atoms with Crippen LogP contribution in [-0.4, -0.2) is 4.98 Å². The Balaban J connectivity index is 0.973. The van der Waals surface area contributed by atoms with Crippen LogP contribution in [0.5, 0.6) is 0 Å². The summed E-state index contributed by atoms with van der Waals surface area (Å²) < 4.78 is 12.5. The SMILES string of the molecule is CC1(C)c2ccccc2-c2c(N(c3ccc(-c4ccc5oc6cc7oc(-c8ccccc8)nc7cc6c5c4)cc3)c3cccc(-c4ccc5ccccc5c4)c3)cccc21. The second-order valence-corrected chi connectivity index (χ2v) is 16.4. The van der Waals surface area contributed by atoms with Crippen molar-refractivity contribution in [2.45, 2.75) is 19.3 Å². The molecule has 0 aliphatic heterocycles. The quantitative estimate of drug-likeness (QED) is 0.169. The highest BCUT2D eigenvalue weighted by Crippen LogP contribution is 2.54. The van der Waals surface area contributed by atoms with E-state index in [1.54, 1.807) is 0 Å². The second-order valence-electron chi connectivity index (χ2n) is 16.4. The molecule has 0 radical (unpaired) electrons. The molecule has 1 aliphatic carbocycles. The summed E-state index contributed by atoms with van der Waals surface area (Å²) in [7, 11) is 0. The van der Waals surface area contributed by atoms with E-state index in [1.807, 2.05) is 36.4 Å². The van der Waals surface area contributed by atoms with Crippen molar-refractivity contribution in [3.63, 3.8) is 0 Å². The topological polar surface area (TPSA) is 42.4 Å². The average molecular weight is 771 g/mol. The zero-order valence-electron chi connectivity index (χ0n) is 33.2. The third kappa shape index (κ3) is 5.41. The van der Waals surface area contributed by atoms with Gasteiger partial charge in [0, 0.05) is 44.8 Å². The molecule has 2 aromatic heterocycles. The molecule has 0 saturated carbocycles. The molecule has 2 heterocycles. The average Bonchev–Trinajstić information content (AvgIpc) is 3.95. The molecular formula is C56H38N2O2. The Kier molecular flexibility index (Phi) is 7.54. The third-order valence-corrected chi connectivity index (χ3v) is 12.5. The summed E-state index contributed by atoms with van der Waals surface area (Å²) in [6.07, 6.45) is 0. The third-order valence-electron chi connectivity index (χ3n) is 12.5. The Bertz CT molecular complexity index is 3460. The zero-order valence-corrected chi connectivity index (χ0v) is 33.2. The van der Waals surface area contributed by atoms with Gasteiger partial charge in [0.2, 0.25) is 5.89 Å². The maximum absolute atomic E-state index is 6.36. The minimum absolute atomic E-state index is 0.121. The van der Waals surface area contributed by atoms with Crippen molar-refractivity contribution in [2.75, 3.05) is 4.90 Å². The largest absolute Gasteiger partial charge is 0.456 e. The van der Waals surface area contributed by atoms with Crippen LogP contribution in [0.4, 0.5) is 17.1 Å². The lowest BCUT2D eigenvalue weighted by atomic mass is 9.82. The number of anilines is 3. The zero-order chi connectivity index (χ0) is 40.0. The normalized spacial score (nSPS) is 13.0. The van der Waals surface area contributed by atoms with E-state index in [0.717, 1.165) is 61.2 Å². The van der Waals surface area contributed by atoms with Gasteiger partial charge in [0.15, 0.2) is 5.58 Å². The van der Waals surface area contributed by atoms with Crippen molar-refractivity contribution in [2.24, 2.45) is 0 Å². The number of oxazole rings is 1. The van der Waals surface area contributed by atoms with E-state index in [4.69, 9.17) is 13.8 Å². The lowest BCUT2D eigenvalue weighted by Crippen LogP contribution is -2.16. The highest BCUT2D eigenvalue weighted by Gasteiger charge is 2.37. The number of fused-ring (bicyclic) bond motifs is 8. The molecule has 284 valence electrons. The van der Waals surface area contributed by atoms with Crippen LogP contribution in [0.25, 0.3) is 88.6 Å². The predicted molar refractivity (Wildman–Crippen MR) is 247 cm³/mol. The van der Waals surface area contributed by atoms with Crippen LogP contribution in [0, 0.1) is 0 Å². The van der Waals surface area contributed by atoms with Gasteiger partial charge in [-0.15, -0.1) is 0 Å². The number of aromatic nitrogens is 1. The van der Waals surface area contributed by atoms with E-state index >= 15 is 0 Å². The van der Waals surface area contributed by atoms with Crippen molar-refractivity contribution in [1.82, 2.24) is 4.98 Å². The van der Waals surface area contributed by atoms with Crippen LogP contribution in [0.2, 0.25) is 0 Å². The lowest BCUT2D eigenvalue weighted by Gasteiger charge is -2.29. The van der Waals surface area contributed by atoms with Crippen molar-refractivity contribution < 1.29 is 8.83 Å². The molecule has 4 heteroatoms. The van der Waals surface area contributed by atoms with Gasteiger partial charge in [0.05, 0.1) is 5.69 Å². The Morgan fingerprint density at radius 3 is 2.00 bits per heavy atom. The van der Waals surface area contributed by atoms with Gasteiger partial charge in [-0.25, -0.2) is 4.98 Å². The molecule has 0 fully saturated rings. The molecule has 9 aromatic carbocycles. The van der Waals surface area contributed by atoms with Crippen molar-refractivity contribution >= 4 is 60.9 Å². The summed E-state index contributed by atoms with van der Waals surface area (Å²) in [6, 6.07) is 69.4. The molecule has 12 rings (SSSR count). The Morgan fingerprint density at radius 2 is 1.12 bits per heavy atom. The number of nitrogens with zero attached hydrogens (tertiary/aromatic N) is 2. The van der Waals surface area contributed by atoms with E-state index in [2.05, 4.69) is 176 Å². The summed E-state index contributed by atoms with van der Waals surface area (Å²) >= 11 is 0. The van der Waals surface area contributed by atoms with Gasteiger partial charge >= 0.3 is 0 Å². The van der Waals surface area contributed by atoms with E-state index in [0.29, 0.717) is 11.5 Å². The molecule has 0 spiro atoms. The number of hydrogen-bond donors (Lipinski definition) is 0. The standard InChI is InChI=1S/C56H38N2O2/c1-56(2)47-19-9-8-18-44(47)54-48(56)20-11-21-50(54)58(43-17-10-16-39(31-43)40-23-22-35-12-6-7-15-38(35)30-40)42-27-24-36(25-28-42)41-26-29-51-45(32-41)46-33-49-53(34-52(46)59-51)60-55(57-49)37-13-4-3-5-14-37/h3-34H,1-2H3. The highest BCUT2D eigenvalue weighted by molar-refractivity contribution is 6.10. The molecular weight excluding hydrogens is 733 g/mol. The van der Waals surface area contributed by atoms with E-state index < -0.39 is 0 Å². The first-order chi connectivity index (χ1) is 29.5. The fourth-order valence-corrected chi connectivity index (χ4v) is 9.43. The summed E-state index contributed by atoms with van der Waals surface area (Å²) in [5.74, 6) is 0.603. The summed E-state index contributed by atoms with van der Waals surface area (Å²) in [4.78, 5) is 7.28. The van der Waals surface area contributed by atoms with Gasteiger partial charge in [0.25, 0.3) is 0 Å². The highest BCUT2D eigenvalue weighted by atomic mass is 16.4. The second kappa shape index (κ2) is 13.2. The van der Waals surface area contributed by atoms with Crippen molar-refractivity contribution in [3.8, 4) is 44.8 Å². The van der Waals surface area contributed by atoms with Gasteiger partial charge in [-0.1, -0.05) is 135 Å². The molecule has 0 N–H and O–H groups in total. The molecule has 11 aromatic rings. The smallest absolute Gasteiger partial charge is 0.227 e. The molecule has 0 unspecified atom stereocenters. The lowest BCUT2D eigenvalue weighted by molar-refractivity contribution is 0.617. The number of rotatable bonds is 6. The summed E-state index contributed by atoms with van der Waals surface area (Å²) in [5.41, 5.74) is 17.2. The van der Waals surface area contributed by atoms with E-state index in [9.17, 15) is 0 Å². The monoisotopic (exact) mass is 770 g/mol. The first-order valence-corrected chi connectivity index (χ1v) is 20.5. The Labute approximate surface area is 347 Å². The van der Waals surface area contributed by atoms with Gasteiger partial charge in [-0.2, -0.15) is 0 Å². The van der Waals surface area contributed by atoms with Gasteiger partial charge in [-0.3, -0.25) is 0 Å². The Morgan fingerprint density at radius 1 is 0.433 bits per heavy atom. The van der Waals surface area contributed by atoms with Crippen LogP contribution < -0.4 is 4.90 Å². The number of hydrogen-bond acceptors (Lipinski definition) is 4. The Hall–Kier alpha value is -7.69. The first kappa shape index (κ1) is 34.4. The van der Waals surface area contributed by atoms with Crippen LogP contribution in [0.3, 0.4) is 0 Å². The molecule has 0 atom stereocenters. The van der Waals surface area contributed by atoms with Gasteiger partial charge < -0.3 is 13.7 Å². The number of furan rings is 1. The van der Waals surface area contributed by atoms with Crippen LogP contribution in [-0.2, 0) is 5.41 Å². The number of benzene rings is 9. The van der Waals surface area contributed by atoms with E-state index in [-0.39, 0.29) is 5.41 Å². The predicted octanol–water partition coefficient (Wildman–Crippen LogP) is 15.7. The van der Waals surface area contributed by atoms with Crippen molar-refractivity contribution in [1.29, 1.82) is 0 Å².